The third-order valence-electron chi connectivity index (χ3n) is 3.48. The SMILES string of the molecule is COc1ccc(-n2ncc(N/N=C\c3cccc(F)c3)c(Cl)c2=O)cc1. The molecule has 0 saturated carbocycles. The molecule has 0 amide bonds. The van der Waals surface area contributed by atoms with Crippen LogP contribution >= 0.6 is 11.6 Å². The van der Waals surface area contributed by atoms with Crippen LogP contribution in [-0.4, -0.2) is 23.1 Å². The Kier molecular flexibility index (Phi) is 5.28. The molecule has 132 valence electrons. The Labute approximate surface area is 153 Å². The summed E-state index contributed by atoms with van der Waals surface area (Å²) >= 11 is 6.12. The van der Waals surface area contributed by atoms with Crippen LogP contribution in [0.2, 0.25) is 5.02 Å². The van der Waals surface area contributed by atoms with E-state index in [0.29, 0.717) is 17.0 Å². The van der Waals surface area contributed by atoms with Gasteiger partial charge >= 0.3 is 0 Å². The molecule has 6 nitrogen and oxygen atoms in total. The number of methoxy groups -OCH3 is 1. The lowest BCUT2D eigenvalue weighted by molar-refractivity contribution is 0.414. The fourth-order valence-corrected chi connectivity index (χ4v) is 2.35. The zero-order chi connectivity index (χ0) is 18.5. The van der Waals surface area contributed by atoms with Crippen molar-refractivity contribution < 1.29 is 9.13 Å². The van der Waals surface area contributed by atoms with E-state index in [4.69, 9.17) is 16.3 Å². The van der Waals surface area contributed by atoms with Crippen molar-refractivity contribution in [2.24, 2.45) is 5.10 Å². The summed E-state index contributed by atoms with van der Waals surface area (Å²) in [6.45, 7) is 0. The van der Waals surface area contributed by atoms with Gasteiger partial charge in [0.05, 0.1) is 25.2 Å². The molecule has 0 spiro atoms. The van der Waals surface area contributed by atoms with E-state index in [1.165, 1.54) is 29.2 Å². The molecule has 0 aliphatic heterocycles. The molecular formula is C18H14ClFN4O2. The van der Waals surface area contributed by atoms with E-state index in [2.05, 4.69) is 15.6 Å². The van der Waals surface area contributed by atoms with Gasteiger partial charge in [0.2, 0.25) is 0 Å². The van der Waals surface area contributed by atoms with Gasteiger partial charge in [-0.2, -0.15) is 14.9 Å². The van der Waals surface area contributed by atoms with Crippen molar-refractivity contribution >= 4 is 23.5 Å². The molecule has 8 heteroatoms. The highest BCUT2D eigenvalue weighted by atomic mass is 35.5. The van der Waals surface area contributed by atoms with Crippen LogP contribution in [0.4, 0.5) is 10.1 Å². The number of hydrogen-bond donors (Lipinski definition) is 1. The Morgan fingerprint density at radius 3 is 2.73 bits per heavy atom. The van der Waals surface area contributed by atoms with Gasteiger partial charge in [-0.05, 0) is 42.0 Å². The first-order valence-electron chi connectivity index (χ1n) is 7.55. The Morgan fingerprint density at radius 2 is 2.04 bits per heavy atom. The lowest BCUT2D eigenvalue weighted by Crippen LogP contribution is -2.22. The van der Waals surface area contributed by atoms with E-state index in [1.807, 2.05) is 0 Å². The van der Waals surface area contributed by atoms with Crippen molar-refractivity contribution in [1.29, 1.82) is 0 Å². The first-order valence-corrected chi connectivity index (χ1v) is 7.93. The van der Waals surface area contributed by atoms with Gasteiger partial charge in [-0.3, -0.25) is 10.2 Å². The second-order valence-corrected chi connectivity index (χ2v) is 5.59. The normalized spacial score (nSPS) is 10.9. The number of nitrogens with one attached hydrogen (secondary N) is 1. The zero-order valence-corrected chi connectivity index (χ0v) is 14.4. The summed E-state index contributed by atoms with van der Waals surface area (Å²) in [5, 5.41) is 7.97. The quantitative estimate of drug-likeness (QED) is 0.550. The Balaban J connectivity index is 1.82. The molecule has 1 aromatic heterocycles. The fraction of sp³-hybridized carbons (Fsp3) is 0.0556. The van der Waals surface area contributed by atoms with Crippen molar-refractivity contribution in [2.45, 2.75) is 0 Å². The summed E-state index contributed by atoms with van der Waals surface area (Å²) in [5.74, 6) is 0.300. The van der Waals surface area contributed by atoms with E-state index in [9.17, 15) is 9.18 Å². The van der Waals surface area contributed by atoms with Crippen molar-refractivity contribution in [3.8, 4) is 11.4 Å². The van der Waals surface area contributed by atoms with Gasteiger partial charge in [-0.25, -0.2) is 4.39 Å². The molecule has 0 radical (unpaired) electrons. The molecule has 0 fully saturated rings. The highest BCUT2D eigenvalue weighted by Gasteiger charge is 2.10. The number of hydrazone groups is 1. The minimum Gasteiger partial charge on any atom is -0.497 e. The number of benzene rings is 2. The summed E-state index contributed by atoms with van der Waals surface area (Å²) in [6, 6.07) is 12.7. The third-order valence-corrected chi connectivity index (χ3v) is 3.85. The minimum atomic E-state index is -0.497. The van der Waals surface area contributed by atoms with Crippen molar-refractivity contribution in [2.75, 3.05) is 12.5 Å². The molecule has 3 aromatic rings. The minimum absolute atomic E-state index is 0.0628. The fourth-order valence-electron chi connectivity index (χ4n) is 2.18. The molecule has 3 rings (SSSR count). The average Bonchev–Trinajstić information content (AvgIpc) is 2.65. The van der Waals surface area contributed by atoms with Crippen LogP contribution < -0.4 is 15.7 Å². The molecule has 0 unspecified atom stereocenters. The summed E-state index contributed by atoms with van der Waals surface area (Å²) in [6.07, 6.45) is 2.80. The molecule has 1 heterocycles. The summed E-state index contributed by atoms with van der Waals surface area (Å²) in [5.41, 5.74) is 3.50. The standard InChI is InChI=1S/C18H14ClFN4O2/c1-26-15-7-5-14(6-8-15)24-18(25)17(19)16(11-22-24)23-21-10-12-3-2-4-13(20)9-12/h2-11,23H,1H3/b21-10-. The largest absolute Gasteiger partial charge is 0.497 e. The Bertz CT molecular complexity index is 1000. The predicted octanol–water partition coefficient (Wildman–Crippen LogP) is 3.48. The Hall–Kier alpha value is -3.19. The maximum Gasteiger partial charge on any atom is 0.292 e. The molecule has 0 aliphatic carbocycles. The first kappa shape index (κ1) is 17.6. The number of anilines is 1. The van der Waals surface area contributed by atoms with E-state index in [-0.39, 0.29) is 16.5 Å². The van der Waals surface area contributed by atoms with E-state index < -0.39 is 5.56 Å². The topological polar surface area (TPSA) is 68.5 Å². The Morgan fingerprint density at radius 1 is 1.27 bits per heavy atom. The number of nitrogens with zero attached hydrogens (tertiary/aromatic N) is 3. The van der Waals surface area contributed by atoms with Crippen LogP contribution in [0.15, 0.2) is 64.6 Å². The molecule has 0 saturated heterocycles. The number of hydrogen-bond acceptors (Lipinski definition) is 5. The van der Waals surface area contributed by atoms with Crippen LogP contribution in [0.3, 0.4) is 0 Å². The third kappa shape index (κ3) is 3.89. The van der Waals surface area contributed by atoms with Gasteiger partial charge in [0.15, 0.2) is 0 Å². The summed E-state index contributed by atoms with van der Waals surface area (Å²) < 4.78 is 19.4. The zero-order valence-electron chi connectivity index (χ0n) is 13.7. The number of aromatic nitrogens is 2. The van der Waals surface area contributed by atoms with Gasteiger partial charge < -0.3 is 4.74 Å². The van der Waals surface area contributed by atoms with E-state index in [0.717, 1.165) is 0 Å². The lowest BCUT2D eigenvalue weighted by Gasteiger charge is -2.08. The smallest absolute Gasteiger partial charge is 0.292 e. The molecule has 0 aliphatic rings. The molecule has 26 heavy (non-hydrogen) atoms. The van der Waals surface area contributed by atoms with Crippen LogP contribution in [0.1, 0.15) is 5.56 Å². The van der Waals surface area contributed by atoms with Crippen molar-refractivity contribution in [1.82, 2.24) is 9.78 Å². The van der Waals surface area contributed by atoms with Gasteiger partial charge in [0.25, 0.3) is 5.56 Å². The molecule has 1 N–H and O–H groups in total. The van der Waals surface area contributed by atoms with Gasteiger partial charge in [0, 0.05) is 0 Å². The molecule has 2 aromatic carbocycles. The second kappa shape index (κ2) is 7.79. The monoisotopic (exact) mass is 372 g/mol. The highest BCUT2D eigenvalue weighted by Crippen LogP contribution is 2.18. The summed E-state index contributed by atoms with van der Waals surface area (Å²) in [7, 11) is 1.56. The van der Waals surface area contributed by atoms with Crippen molar-refractivity contribution in [3.05, 3.63) is 81.5 Å². The molecule has 0 bridgehead atoms. The predicted molar refractivity (Wildman–Crippen MR) is 99.0 cm³/mol. The molecular weight excluding hydrogens is 359 g/mol. The van der Waals surface area contributed by atoms with Crippen LogP contribution in [0.25, 0.3) is 5.69 Å². The number of ether oxygens (including phenoxy) is 1. The lowest BCUT2D eigenvalue weighted by atomic mass is 10.2. The van der Waals surface area contributed by atoms with Crippen LogP contribution in [0.5, 0.6) is 5.75 Å². The molecule has 0 atom stereocenters. The van der Waals surface area contributed by atoms with Gasteiger partial charge in [-0.1, -0.05) is 23.7 Å². The second-order valence-electron chi connectivity index (χ2n) is 5.21. The maximum absolute atomic E-state index is 13.1. The summed E-state index contributed by atoms with van der Waals surface area (Å²) in [4.78, 5) is 12.4. The highest BCUT2D eigenvalue weighted by molar-refractivity contribution is 6.32. The number of halogens is 2. The van der Waals surface area contributed by atoms with Gasteiger partial charge in [0.1, 0.15) is 22.3 Å². The van der Waals surface area contributed by atoms with Crippen molar-refractivity contribution in [3.63, 3.8) is 0 Å². The van der Waals surface area contributed by atoms with Crippen LogP contribution in [-0.2, 0) is 0 Å². The number of rotatable bonds is 5. The van der Waals surface area contributed by atoms with Crippen LogP contribution in [0, 0.1) is 5.82 Å². The first-order chi connectivity index (χ1) is 12.6. The average molecular weight is 373 g/mol. The van der Waals surface area contributed by atoms with Gasteiger partial charge in [-0.15, -0.1) is 0 Å². The van der Waals surface area contributed by atoms with E-state index in [1.54, 1.807) is 43.5 Å². The van der Waals surface area contributed by atoms with E-state index >= 15 is 0 Å². The maximum atomic E-state index is 13.1.